The summed E-state index contributed by atoms with van der Waals surface area (Å²) in [6, 6.07) is 4.11. The van der Waals surface area contributed by atoms with E-state index in [1.165, 1.54) is 31.2 Å². The molecule has 32 heavy (non-hydrogen) atoms. The lowest BCUT2D eigenvalue weighted by atomic mass is 10.1. The number of benzene rings is 1. The van der Waals surface area contributed by atoms with E-state index in [0.717, 1.165) is 38.2 Å². The van der Waals surface area contributed by atoms with E-state index in [9.17, 15) is 18.0 Å². The maximum atomic E-state index is 12.7. The first-order valence-electron chi connectivity index (χ1n) is 10.4. The average Bonchev–Trinajstić information content (AvgIpc) is 3.24. The Morgan fingerprint density at radius 2 is 1.88 bits per heavy atom. The van der Waals surface area contributed by atoms with Crippen molar-refractivity contribution in [1.29, 1.82) is 5.41 Å². The summed E-state index contributed by atoms with van der Waals surface area (Å²) in [5.41, 5.74) is -0.106. The summed E-state index contributed by atoms with van der Waals surface area (Å²) >= 11 is 6.43. The first kappa shape index (κ1) is 24.0. The van der Waals surface area contributed by atoms with Crippen LogP contribution in [0.3, 0.4) is 0 Å². The Balaban J connectivity index is 1.69. The minimum atomic E-state index is -4.45. The summed E-state index contributed by atoms with van der Waals surface area (Å²) < 4.78 is 38.1. The minimum Gasteiger partial charge on any atom is -0.369 e. The molecule has 2 aromatic rings. The fourth-order valence-electron chi connectivity index (χ4n) is 3.58. The molecule has 1 aromatic carbocycles. The molecule has 1 amide bonds. The number of anilines is 2. The van der Waals surface area contributed by atoms with Crippen LogP contribution in [0.2, 0.25) is 5.02 Å². The molecule has 1 aliphatic heterocycles. The Kier molecular flexibility index (Phi) is 7.73. The first-order chi connectivity index (χ1) is 15.2. The number of hydrogen-bond donors (Lipinski definition) is 3. The molecule has 1 aromatic heterocycles. The second kappa shape index (κ2) is 10.3. The van der Waals surface area contributed by atoms with Gasteiger partial charge in [0.1, 0.15) is 5.82 Å². The van der Waals surface area contributed by atoms with Crippen molar-refractivity contribution in [2.75, 3.05) is 36.8 Å². The van der Waals surface area contributed by atoms with Crippen LogP contribution >= 0.6 is 11.6 Å². The van der Waals surface area contributed by atoms with Crippen LogP contribution in [0.5, 0.6) is 0 Å². The van der Waals surface area contributed by atoms with E-state index in [2.05, 4.69) is 20.5 Å². The van der Waals surface area contributed by atoms with Crippen molar-refractivity contribution >= 4 is 34.7 Å². The van der Waals surface area contributed by atoms with Crippen molar-refractivity contribution in [2.24, 2.45) is 0 Å². The van der Waals surface area contributed by atoms with E-state index >= 15 is 0 Å². The summed E-state index contributed by atoms with van der Waals surface area (Å²) in [6.45, 7) is 5.43. The van der Waals surface area contributed by atoms with Gasteiger partial charge in [-0.05, 0) is 70.1 Å². The van der Waals surface area contributed by atoms with Gasteiger partial charge in [0.2, 0.25) is 0 Å². The summed E-state index contributed by atoms with van der Waals surface area (Å²) in [5, 5.41) is 13.8. The van der Waals surface area contributed by atoms with E-state index < -0.39 is 17.6 Å². The van der Waals surface area contributed by atoms with Crippen molar-refractivity contribution in [1.82, 2.24) is 9.88 Å². The molecule has 3 rings (SSSR count). The first-order valence-corrected chi connectivity index (χ1v) is 10.7. The molecule has 0 atom stereocenters. The van der Waals surface area contributed by atoms with E-state index in [-0.39, 0.29) is 22.0 Å². The van der Waals surface area contributed by atoms with Crippen LogP contribution in [0, 0.1) is 5.41 Å². The molecule has 0 unspecified atom stereocenters. The number of pyridine rings is 1. The Hall–Kier alpha value is -2.65. The predicted octanol–water partition coefficient (Wildman–Crippen LogP) is 5.29. The van der Waals surface area contributed by atoms with Crippen LogP contribution in [-0.4, -0.2) is 47.7 Å². The van der Waals surface area contributed by atoms with Crippen LogP contribution in [0.15, 0.2) is 30.5 Å². The normalized spacial score (nSPS) is 14.4. The Bertz CT molecular complexity index is 973. The van der Waals surface area contributed by atoms with Gasteiger partial charge in [-0.3, -0.25) is 4.79 Å². The van der Waals surface area contributed by atoms with Gasteiger partial charge in [-0.25, -0.2) is 4.98 Å². The van der Waals surface area contributed by atoms with Crippen molar-refractivity contribution in [2.45, 2.75) is 32.4 Å². The van der Waals surface area contributed by atoms with Gasteiger partial charge in [0.15, 0.2) is 0 Å². The highest BCUT2D eigenvalue weighted by Gasteiger charge is 2.30. The summed E-state index contributed by atoms with van der Waals surface area (Å²) in [7, 11) is 0. The molecule has 0 bridgehead atoms. The number of rotatable bonds is 8. The second-order valence-corrected chi connectivity index (χ2v) is 8.07. The highest BCUT2D eigenvalue weighted by atomic mass is 35.5. The molecular weight excluding hydrogens is 443 g/mol. The van der Waals surface area contributed by atoms with Gasteiger partial charge in [0.25, 0.3) is 5.91 Å². The van der Waals surface area contributed by atoms with E-state index in [1.807, 2.05) is 0 Å². The number of alkyl halides is 3. The fourth-order valence-corrected chi connectivity index (χ4v) is 3.95. The zero-order valence-corrected chi connectivity index (χ0v) is 18.4. The summed E-state index contributed by atoms with van der Waals surface area (Å²) in [6.07, 6.45) is 0.224. The summed E-state index contributed by atoms with van der Waals surface area (Å²) in [4.78, 5) is 19.3. The molecule has 1 aliphatic rings. The van der Waals surface area contributed by atoms with Gasteiger partial charge in [-0.2, -0.15) is 13.2 Å². The van der Waals surface area contributed by atoms with Crippen molar-refractivity contribution < 1.29 is 18.0 Å². The molecule has 10 heteroatoms. The highest BCUT2D eigenvalue weighted by Crippen LogP contribution is 2.31. The predicted molar refractivity (Wildman–Crippen MR) is 120 cm³/mol. The van der Waals surface area contributed by atoms with Crippen LogP contribution < -0.4 is 10.6 Å². The lowest BCUT2D eigenvalue weighted by molar-refractivity contribution is -0.137. The molecule has 2 heterocycles. The van der Waals surface area contributed by atoms with Gasteiger partial charge < -0.3 is 20.9 Å². The summed E-state index contributed by atoms with van der Waals surface area (Å²) in [5.74, 6) is -0.194. The van der Waals surface area contributed by atoms with Crippen LogP contribution in [0.4, 0.5) is 24.7 Å². The van der Waals surface area contributed by atoms with Crippen molar-refractivity contribution in [3.63, 3.8) is 0 Å². The lowest BCUT2D eigenvalue weighted by Crippen LogP contribution is -2.23. The maximum absolute atomic E-state index is 12.7. The lowest BCUT2D eigenvalue weighted by Gasteiger charge is -2.17. The smallest absolute Gasteiger partial charge is 0.369 e. The second-order valence-electron chi connectivity index (χ2n) is 7.69. The van der Waals surface area contributed by atoms with Crippen molar-refractivity contribution in [3.05, 3.63) is 52.2 Å². The number of nitrogens with one attached hydrogen (secondary N) is 3. The number of carbonyl (C=O) groups is 1. The molecule has 0 radical (unpaired) electrons. The molecule has 0 saturated carbocycles. The maximum Gasteiger partial charge on any atom is 0.416 e. The fraction of sp³-hybridized carbons (Fsp3) is 0.409. The number of aromatic nitrogens is 1. The monoisotopic (exact) mass is 467 g/mol. The zero-order valence-electron chi connectivity index (χ0n) is 17.7. The third-order valence-electron chi connectivity index (χ3n) is 5.25. The number of hydrogen-bond acceptors (Lipinski definition) is 5. The number of carbonyl (C=O) groups excluding carboxylic acids is 1. The number of nitrogens with zero attached hydrogens (tertiary/aromatic N) is 2. The largest absolute Gasteiger partial charge is 0.416 e. The highest BCUT2D eigenvalue weighted by molar-refractivity contribution is 6.38. The molecule has 1 fully saturated rings. The SMILES string of the molecule is CC(=N)c1c(NCCCN2CCCC2)ncc(C(=O)Nc2ccc(C(F)(F)F)cc2)c1Cl. The van der Waals surface area contributed by atoms with E-state index in [0.29, 0.717) is 17.9 Å². The molecule has 0 aliphatic carbocycles. The van der Waals surface area contributed by atoms with Gasteiger partial charge in [-0.15, -0.1) is 0 Å². The number of likely N-dealkylation sites (tertiary alicyclic amines) is 1. The standard InChI is InChI=1S/C22H25ClF3N5O/c1-14(27)18-19(23)17(13-29-20(18)28-9-4-12-31-10-2-3-11-31)21(32)30-16-7-5-15(6-8-16)22(24,25)26/h5-8,13,27H,2-4,9-12H2,1H3,(H,28,29)(H,30,32). The molecule has 1 saturated heterocycles. The van der Waals surface area contributed by atoms with Gasteiger partial charge in [0.05, 0.1) is 21.7 Å². The third-order valence-corrected chi connectivity index (χ3v) is 5.64. The number of halogens is 4. The Labute approximate surface area is 189 Å². The van der Waals surface area contributed by atoms with Gasteiger partial charge in [0, 0.05) is 24.1 Å². The van der Waals surface area contributed by atoms with E-state index in [4.69, 9.17) is 17.0 Å². The molecule has 0 spiro atoms. The molecule has 3 N–H and O–H groups in total. The van der Waals surface area contributed by atoms with Crippen LogP contribution in [-0.2, 0) is 6.18 Å². The average molecular weight is 468 g/mol. The van der Waals surface area contributed by atoms with Crippen LogP contribution in [0.25, 0.3) is 0 Å². The minimum absolute atomic E-state index is 0.0378. The van der Waals surface area contributed by atoms with Gasteiger partial charge in [-0.1, -0.05) is 11.6 Å². The Morgan fingerprint density at radius 3 is 2.47 bits per heavy atom. The van der Waals surface area contributed by atoms with Crippen LogP contribution in [0.1, 0.15) is 47.7 Å². The molecule has 6 nitrogen and oxygen atoms in total. The van der Waals surface area contributed by atoms with Crippen molar-refractivity contribution in [3.8, 4) is 0 Å². The van der Waals surface area contributed by atoms with Gasteiger partial charge >= 0.3 is 6.18 Å². The topological polar surface area (TPSA) is 81.1 Å². The van der Waals surface area contributed by atoms with E-state index in [1.54, 1.807) is 6.92 Å². The quantitative estimate of drug-likeness (QED) is 0.364. The number of amides is 1. The Morgan fingerprint density at radius 1 is 1.22 bits per heavy atom. The molecule has 172 valence electrons. The third kappa shape index (κ3) is 5.98. The molecular formula is C22H25ClF3N5O. The zero-order chi connectivity index (χ0) is 23.3.